The van der Waals surface area contributed by atoms with Crippen LogP contribution >= 0.6 is 0 Å². The SMILES string of the molecule is CCN(CC(C)C(=O)OC)C(=O)C(C)Oc1cccc(C(C)C)c1. The summed E-state index contributed by atoms with van der Waals surface area (Å²) in [5.41, 5.74) is 1.17. The molecule has 0 saturated carbocycles. The molecule has 0 bridgehead atoms. The lowest BCUT2D eigenvalue weighted by Crippen LogP contribution is -2.43. The molecule has 5 nitrogen and oxygen atoms in total. The van der Waals surface area contributed by atoms with Gasteiger partial charge in [-0.2, -0.15) is 0 Å². The molecule has 1 aromatic rings. The van der Waals surface area contributed by atoms with Gasteiger partial charge in [-0.3, -0.25) is 9.59 Å². The van der Waals surface area contributed by atoms with Crippen LogP contribution in [0.4, 0.5) is 0 Å². The lowest BCUT2D eigenvalue weighted by molar-refractivity contribution is -0.147. The molecule has 0 aliphatic rings. The third-order valence-corrected chi connectivity index (χ3v) is 3.98. The molecule has 0 fully saturated rings. The lowest BCUT2D eigenvalue weighted by atomic mass is 10.0. The highest BCUT2D eigenvalue weighted by Gasteiger charge is 2.25. The summed E-state index contributed by atoms with van der Waals surface area (Å²) in [6.07, 6.45) is -0.614. The number of carbonyl (C=O) groups excluding carboxylic acids is 2. The number of likely N-dealkylation sites (N-methyl/N-ethyl adjacent to an activating group) is 1. The second-order valence-electron chi connectivity index (χ2n) is 6.29. The maximum Gasteiger partial charge on any atom is 0.310 e. The molecule has 0 aliphatic carbocycles. The number of methoxy groups -OCH3 is 1. The molecule has 1 rings (SSSR count). The van der Waals surface area contributed by atoms with Gasteiger partial charge in [0.1, 0.15) is 5.75 Å². The number of nitrogens with zero attached hydrogens (tertiary/aromatic N) is 1. The van der Waals surface area contributed by atoms with Crippen molar-refractivity contribution in [3.05, 3.63) is 29.8 Å². The fourth-order valence-corrected chi connectivity index (χ4v) is 2.44. The van der Waals surface area contributed by atoms with Gasteiger partial charge in [0.2, 0.25) is 0 Å². The predicted molar refractivity (Wildman–Crippen MR) is 94.1 cm³/mol. The fraction of sp³-hybridized carbons (Fsp3) is 0.579. The van der Waals surface area contributed by atoms with Crippen LogP contribution in [0.25, 0.3) is 0 Å². The van der Waals surface area contributed by atoms with E-state index in [1.165, 1.54) is 12.7 Å². The molecule has 0 N–H and O–H groups in total. The lowest BCUT2D eigenvalue weighted by Gasteiger charge is -2.26. The summed E-state index contributed by atoms with van der Waals surface area (Å²) in [5.74, 6) is 0.254. The number of benzene rings is 1. The van der Waals surface area contributed by atoms with Crippen molar-refractivity contribution in [1.29, 1.82) is 0 Å². The molecule has 0 heterocycles. The molecule has 5 heteroatoms. The summed E-state index contributed by atoms with van der Waals surface area (Å²) in [4.78, 5) is 25.8. The average molecular weight is 335 g/mol. The van der Waals surface area contributed by atoms with Gasteiger partial charge in [0.15, 0.2) is 6.10 Å². The van der Waals surface area contributed by atoms with Gasteiger partial charge in [-0.05, 0) is 37.5 Å². The van der Waals surface area contributed by atoms with Crippen molar-refractivity contribution in [2.24, 2.45) is 5.92 Å². The first-order chi connectivity index (χ1) is 11.3. The smallest absolute Gasteiger partial charge is 0.310 e. The molecular weight excluding hydrogens is 306 g/mol. The van der Waals surface area contributed by atoms with Gasteiger partial charge in [0.05, 0.1) is 13.0 Å². The highest BCUT2D eigenvalue weighted by Crippen LogP contribution is 2.21. The quantitative estimate of drug-likeness (QED) is 0.684. The normalized spacial score (nSPS) is 13.3. The molecule has 0 radical (unpaired) electrons. The van der Waals surface area contributed by atoms with Crippen molar-refractivity contribution in [1.82, 2.24) is 4.90 Å². The Bertz CT molecular complexity index is 556. The van der Waals surface area contributed by atoms with Crippen molar-refractivity contribution < 1.29 is 19.1 Å². The summed E-state index contributed by atoms with van der Waals surface area (Å²) in [6, 6.07) is 7.78. The van der Waals surface area contributed by atoms with Crippen LogP contribution in [0.2, 0.25) is 0 Å². The van der Waals surface area contributed by atoms with E-state index in [0.717, 1.165) is 0 Å². The van der Waals surface area contributed by atoms with Crippen LogP contribution in [0.3, 0.4) is 0 Å². The van der Waals surface area contributed by atoms with Gasteiger partial charge in [-0.25, -0.2) is 0 Å². The van der Waals surface area contributed by atoms with Crippen molar-refractivity contribution in [2.45, 2.75) is 46.6 Å². The van der Waals surface area contributed by atoms with Crippen LogP contribution in [0.5, 0.6) is 5.75 Å². The van der Waals surface area contributed by atoms with E-state index in [-0.39, 0.29) is 17.8 Å². The van der Waals surface area contributed by atoms with E-state index < -0.39 is 6.10 Å². The number of esters is 1. The van der Waals surface area contributed by atoms with Gasteiger partial charge < -0.3 is 14.4 Å². The first kappa shape index (κ1) is 20.0. The number of ether oxygens (including phenoxy) is 2. The van der Waals surface area contributed by atoms with Crippen molar-refractivity contribution in [2.75, 3.05) is 20.2 Å². The largest absolute Gasteiger partial charge is 0.481 e. The Hall–Kier alpha value is -2.04. The summed E-state index contributed by atoms with van der Waals surface area (Å²) < 4.78 is 10.5. The Morgan fingerprint density at radius 1 is 1.17 bits per heavy atom. The van der Waals surface area contributed by atoms with Crippen molar-refractivity contribution in [3.63, 3.8) is 0 Å². The molecule has 0 aliphatic heterocycles. The molecule has 0 aromatic heterocycles. The molecule has 2 unspecified atom stereocenters. The maximum absolute atomic E-state index is 12.6. The first-order valence-electron chi connectivity index (χ1n) is 8.43. The van der Waals surface area contributed by atoms with Crippen LogP contribution < -0.4 is 4.74 Å². The van der Waals surface area contributed by atoms with Gasteiger partial charge >= 0.3 is 5.97 Å². The van der Waals surface area contributed by atoms with Crippen molar-refractivity contribution in [3.8, 4) is 5.75 Å². The zero-order valence-electron chi connectivity index (χ0n) is 15.5. The predicted octanol–water partition coefficient (Wildman–Crippen LogP) is 3.23. The minimum atomic E-state index is -0.614. The van der Waals surface area contributed by atoms with E-state index in [1.807, 2.05) is 31.2 Å². The van der Waals surface area contributed by atoms with Gasteiger partial charge in [0, 0.05) is 13.1 Å². The van der Waals surface area contributed by atoms with Crippen LogP contribution in [0.15, 0.2) is 24.3 Å². The van der Waals surface area contributed by atoms with E-state index in [9.17, 15) is 9.59 Å². The second-order valence-corrected chi connectivity index (χ2v) is 6.29. The maximum atomic E-state index is 12.6. The van der Waals surface area contributed by atoms with Gasteiger partial charge in [0.25, 0.3) is 5.91 Å². The van der Waals surface area contributed by atoms with Crippen LogP contribution in [-0.4, -0.2) is 43.1 Å². The standard InChI is InChI=1S/C19H29NO4/c1-7-20(12-14(4)19(22)23-6)18(21)15(5)24-17-10-8-9-16(11-17)13(2)3/h8-11,13-15H,7,12H2,1-6H3. The second kappa shape index (κ2) is 9.30. The average Bonchev–Trinajstić information content (AvgIpc) is 2.58. The highest BCUT2D eigenvalue weighted by atomic mass is 16.5. The topological polar surface area (TPSA) is 55.8 Å². The third-order valence-electron chi connectivity index (χ3n) is 3.98. The minimum Gasteiger partial charge on any atom is -0.481 e. The summed E-state index contributed by atoms with van der Waals surface area (Å²) in [5, 5.41) is 0. The zero-order valence-corrected chi connectivity index (χ0v) is 15.5. The first-order valence-corrected chi connectivity index (χ1v) is 8.43. The number of rotatable bonds is 8. The summed E-state index contributed by atoms with van der Waals surface area (Å²) in [7, 11) is 1.35. The molecular formula is C19H29NO4. The molecule has 0 spiro atoms. The Balaban J connectivity index is 2.74. The van der Waals surface area contributed by atoms with Gasteiger partial charge in [-0.15, -0.1) is 0 Å². The molecule has 24 heavy (non-hydrogen) atoms. The van der Waals surface area contributed by atoms with Gasteiger partial charge in [-0.1, -0.05) is 32.9 Å². The van der Waals surface area contributed by atoms with Crippen LogP contribution in [-0.2, 0) is 14.3 Å². The minimum absolute atomic E-state index is 0.136. The summed E-state index contributed by atoms with van der Waals surface area (Å²) in [6.45, 7) is 10.4. The Morgan fingerprint density at radius 2 is 1.83 bits per heavy atom. The zero-order chi connectivity index (χ0) is 18.3. The number of amides is 1. The molecule has 1 amide bonds. The van der Waals surface area contributed by atoms with Crippen LogP contribution in [0, 0.1) is 5.92 Å². The van der Waals surface area contributed by atoms with E-state index in [0.29, 0.717) is 24.8 Å². The number of hydrogen-bond acceptors (Lipinski definition) is 4. The molecule has 134 valence electrons. The molecule has 1 aromatic carbocycles. The molecule has 0 saturated heterocycles. The summed E-state index contributed by atoms with van der Waals surface area (Å²) >= 11 is 0. The van der Waals surface area contributed by atoms with Crippen molar-refractivity contribution >= 4 is 11.9 Å². The monoisotopic (exact) mass is 335 g/mol. The van der Waals surface area contributed by atoms with E-state index in [1.54, 1.807) is 18.7 Å². The Kier molecular flexibility index (Phi) is 7.75. The number of carbonyl (C=O) groups is 2. The molecule has 2 atom stereocenters. The van der Waals surface area contributed by atoms with E-state index in [2.05, 4.69) is 13.8 Å². The van der Waals surface area contributed by atoms with Crippen LogP contribution in [0.1, 0.15) is 46.1 Å². The van der Waals surface area contributed by atoms with E-state index in [4.69, 9.17) is 9.47 Å². The fourth-order valence-electron chi connectivity index (χ4n) is 2.44. The Labute approximate surface area is 144 Å². The van der Waals surface area contributed by atoms with E-state index >= 15 is 0 Å². The number of hydrogen-bond donors (Lipinski definition) is 0. The highest BCUT2D eigenvalue weighted by molar-refractivity contribution is 5.81. The Morgan fingerprint density at radius 3 is 2.38 bits per heavy atom. The third kappa shape index (κ3) is 5.55.